The predicted octanol–water partition coefficient (Wildman–Crippen LogP) is 2.60. The third kappa shape index (κ3) is 5.48. The van der Waals surface area contributed by atoms with Crippen LogP contribution in [0.3, 0.4) is 0 Å². The first-order chi connectivity index (χ1) is 10.1. The standard InChI is InChI=1S/C17H28N2O2/c1-4-5-11-19(12-13-21-3)17(20)14(2)16(18)15-9-7-6-8-10-15/h6-10,14,16H,4-5,11-13,18H2,1-3H3. The molecule has 1 aromatic rings. The average Bonchev–Trinajstić information content (AvgIpc) is 2.54. The third-order valence-electron chi connectivity index (χ3n) is 3.77. The van der Waals surface area contributed by atoms with E-state index in [1.54, 1.807) is 7.11 Å². The van der Waals surface area contributed by atoms with Crippen LogP contribution in [0.15, 0.2) is 30.3 Å². The van der Waals surface area contributed by atoms with Gasteiger partial charge in [-0.1, -0.05) is 50.6 Å². The van der Waals surface area contributed by atoms with Gasteiger partial charge in [-0.15, -0.1) is 0 Å². The lowest BCUT2D eigenvalue weighted by atomic mass is 9.94. The molecule has 21 heavy (non-hydrogen) atoms. The molecule has 0 fully saturated rings. The second-order valence-electron chi connectivity index (χ2n) is 5.40. The van der Waals surface area contributed by atoms with Crippen LogP contribution in [0.5, 0.6) is 0 Å². The summed E-state index contributed by atoms with van der Waals surface area (Å²) >= 11 is 0. The minimum Gasteiger partial charge on any atom is -0.383 e. The zero-order valence-corrected chi connectivity index (χ0v) is 13.4. The third-order valence-corrected chi connectivity index (χ3v) is 3.77. The Hall–Kier alpha value is -1.39. The molecule has 2 N–H and O–H groups in total. The maximum atomic E-state index is 12.7. The molecular weight excluding hydrogens is 264 g/mol. The van der Waals surface area contributed by atoms with E-state index in [9.17, 15) is 4.79 Å². The topological polar surface area (TPSA) is 55.6 Å². The van der Waals surface area contributed by atoms with Crippen molar-refractivity contribution in [3.8, 4) is 0 Å². The van der Waals surface area contributed by atoms with E-state index in [0.717, 1.165) is 24.9 Å². The first-order valence-electron chi connectivity index (χ1n) is 7.70. The minimum atomic E-state index is -0.273. The summed E-state index contributed by atoms with van der Waals surface area (Å²) in [7, 11) is 1.65. The fourth-order valence-electron chi connectivity index (χ4n) is 2.29. The van der Waals surface area contributed by atoms with E-state index < -0.39 is 0 Å². The van der Waals surface area contributed by atoms with Crippen molar-refractivity contribution in [2.24, 2.45) is 11.7 Å². The number of carbonyl (C=O) groups is 1. The minimum absolute atomic E-state index is 0.108. The van der Waals surface area contributed by atoms with E-state index in [2.05, 4.69) is 6.92 Å². The zero-order valence-electron chi connectivity index (χ0n) is 13.4. The lowest BCUT2D eigenvalue weighted by Gasteiger charge is -2.28. The molecule has 4 nitrogen and oxygen atoms in total. The highest BCUT2D eigenvalue weighted by atomic mass is 16.5. The van der Waals surface area contributed by atoms with Gasteiger partial charge in [0.05, 0.1) is 12.5 Å². The molecule has 1 rings (SSSR count). The number of nitrogens with zero attached hydrogens (tertiary/aromatic N) is 1. The lowest BCUT2D eigenvalue weighted by molar-refractivity contribution is -0.136. The Morgan fingerprint density at radius 1 is 1.29 bits per heavy atom. The van der Waals surface area contributed by atoms with Crippen molar-refractivity contribution in [3.05, 3.63) is 35.9 Å². The summed E-state index contributed by atoms with van der Waals surface area (Å²) in [6.07, 6.45) is 2.07. The van der Waals surface area contributed by atoms with Crippen LogP contribution in [-0.4, -0.2) is 37.6 Å². The van der Waals surface area contributed by atoms with Crippen LogP contribution < -0.4 is 5.73 Å². The molecule has 0 spiro atoms. The number of nitrogens with two attached hydrogens (primary N) is 1. The Morgan fingerprint density at radius 3 is 2.52 bits per heavy atom. The van der Waals surface area contributed by atoms with Crippen molar-refractivity contribution in [3.63, 3.8) is 0 Å². The molecule has 0 aliphatic heterocycles. The Bertz CT molecular complexity index is 401. The summed E-state index contributed by atoms with van der Waals surface area (Å²) in [5, 5.41) is 0. The number of amides is 1. The molecule has 2 unspecified atom stereocenters. The van der Waals surface area contributed by atoms with Crippen molar-refractivity contribution in [1.29, 1.82) is 0 Å². The summed E-state index contributed by atoms with van der Waals surface area (Å²) in [5.41, 5.74) is 7.26. The van der Waals surface area contributed by atoms with Crippen molar-refractivity contribution >= 4 is 5.91 Å². The maximum absolute atomic E-state index is 12.7. The molecule has 1 aromatic carbocycles. The van der Waals surface area contributed by atoms with E-state index >= 15 is 0 Å². The number of rotatable bonds is 9. The van der Waals surface area contributed by atoms with Gasteiger partial charge < -0.3 is 15.4 Å². The molecule has 4 heteroatoms. The monoisotopic (exact) mass is 292 g/mol. The Morgan fingerprint density at radius 2 is 1.95 bits per heavy atom. The lowest BCUT2D eigenvalue weighted by Crippen LogP contribution is -2.41. The maximum Gasteiger partial charge on any atom is 0.227 e. The van der Waals surface area contributed by atoms with Crippen LogP contribution in [0.1, 0.15) is 38.3 Å². The van der Waals surface area contributed by atoms with E-state index in [-0.39, 0.29) is 17.9 Å². The molecule has 0 aliphatic carbocycles. The van der Waals surface area contributed by atoms with E-state index in [1.165, 1.54) is 0 Å². The van der Waals surface area contributed by atoms with Crippen molar-refractivity contribution in [1.82, 2.24) is 4.90 Å². The molecule has 2 atom stereocenters. The highest BCUT2D eigenvalue weighted by Gasteiger charge is 2.26. The van der Waals surface area contributed by atoms with Gasteiger partial charge in [-0.25, -0.2) is 0 Å². The molecular formula is C17H28N2O2. The highest BCUT2D eigenvalue weighted by molar-refractivity contribution is 5.79. The fraction of sp³-hybridized carbons (Fsp3) is 0.588. The fourth-order valence-corrected chi connectivity index (χ4v) is 2.29. The number of methoxy groups -OCH3 is 1. The Labute approximate surface area is 128 Å². The van der Waals surface area contributed by atoms with Gasteiger partial charge in [0.15, 0.2) is 0 Å². The van der Waals surface area contributed by atoms with Gasteiger partial charge in [-0.05, 0) is 12.0 Å². The highest BCUT2D eigenvalue weighted by Crippen LogP contribution is 2.21. The van der Waals surface area contributed by atoms with E-state index in [1.807, 2.05) is 42.2 Å². The summed E-state index contributed by atoms with van der Waals surface area (Å²) in [5.74, 6) is -0.127. The van der Waals surface area contributed by atoms with Gasteiger partial charge in [-0.3, -0.25) is 4.79 Å². The SMILES string of the molecule is CCCCN(CCOC)C(=O)C(C)C(N)c1ccccc1. The van der Waals surface area contributed by atoms with E-state index in [0.29, 0.717) is 13.2 Å². The number of benzene rings is 1. The van der Waals surface area contributed by atoms with Crippen LogP contribution in [0.2, 0.25) is 0 Å². The number of hydrogen-bond acceptors (Lipinski definition) is 3. The second kappa shape index (κ2) is 9.53. The Balaban J connectivity index is 2.71. The van der Waals surface area contributed by atoms with E-state index in [4.69, 9.17) is 10.5 Å². The molecule has 0 aromatic heterocycles. The van der Waals surface area contributed by atoms with Gasteiger partial charge in [0.25, 0.3) is 0 Å². The first kappa shape index (κ1) is 17.7. The summed E-state index contributed by atoms with van der Waals surface area (Å²) in [4.78, 5) is 14.5. The van der Waals surface area contributed by atoms with Crippen LogP contribution in [0, 0.1) is 5.92 Å². The van der Waals surface area contributed by atoms with Crippen LogP contribution in [-0.2, 0) is 9.53 Å². The van der Waals surface area contributed by atoms with Crippen molar-refractivity contribution in [2.45, 2.75) is 32.7 Å². The van der Waals surface area contributed by atoms with Crippen molar-refractivity contribution < 1.29 is 9.53 Å². The second-order valence-corrected chi connectivity index (χ2v) is 5.40. The predicted molar refractivity (Wildman–Crippen MR) is 85.9 cm³/mol. The summed E-state index contributed by atoms with van der Waals surface area (Å²) in [6.45, 7) is 5.98. The number of carbonyl (C=O) groups excluding carboxylic acids is 1. The smallest absolute Gasteiger partial charge is 0.227 e. The molecule has 0 heterocycles. The van der Waals surface area contributed by atoms with Gasteiger partial charge in [0, 0.05) is 26.2 Å². The van der Waals surface area contributed by atoms with Gasteiger partial charge in [-0.2, -0.15) is 0 Å². The molecule has 0 aliphatic rings. The van der Waals surface area contributed by atoms with Gasteiger partial charge >= 0.3 is 0 Å². The summed E-state index contributed by atoms with van der Waals surface area (Å²) in [6, 6.07) is 9.53. The number of ether oxygens (including phenoxy) is 1. The number of unbranched alkanes of at least 4 members (excludes halogenated alkanes) is 1. The zero-order chi connectivity index (χ0) is 15.7. The van der Waals surface area contributed by atoms with Crippen molar-refractivity contribution in [2.75, 3.05) is 26.8 Å². The summed E-state index contributed by atoms with van der Waals surface area (Å²) < 4.78 is 5.10. The Kier molecular flexibility index (Phi) is 8.01. The van der Waals surface area contributed by atoms with Crippen LogP contribution >= 0.6 is 0 Å². The quantitative estimate of drug-likeness (QED) is 0.761. The first-order valence-corrected chi connectivity index (χ1v) is 7.70. The van der Waals surface area contributed by atoms with Crippen LogP contribution in [0.25, 0.3) is 0 Å². The number of hydrogen-bond donors (Lipinski definition) is 1. The normalized spacial score (nSPS) is 13.7. The van der Waals surface area contributed by atoms with Gasteiger partial charge in [0.2, 0.25) is 5.91 Å². The molecule has 0 radical (unpaired) electrons. The molecule has 0 saturated heterocycles. The molecule has 0 bridgehead atoms. The molecule has 0 saturated carbocycles. The van der Waals surface area contributed by atoms with Gasteiger partial charge in [0.1, 0.15) is 0 Å². The molecule has 118 valence electrons. The average molecular weight is 292 g/mol. The molecule has 1 amide bonds. The largest absolute Gasteiger partial charge is 0.383 e. The van der Waals surface area contributed by atoms with Crippen LogP contribution in [0.4, 0.5) is 0 Å².